The quantitative estimate of drug-likeness (QED) is 0.0709. The molecule has 0 bridgehead atoms. The molecule has 0 atom stereocenters. The summed E-state index contributed by atoms with van der Waals surface area (Å²) in [6, 6.07) is 104. The number of aromatic nitrogens is 3. The highest BCUT2D eigenvalue weighted by molar-refractivity contribution is 6.22. The van der Waals surface area contributed by atoms with E-state index in [2.05, 4.69) is 341 Å². The Bertz CT molecular complexity index is 6990. The summed E-state index contributed by atoms with van der Waals surface area (Å²) in [5, 5.41) is 4.56. The van der Waals surface area contributed by atoms with Gasteiger partial charge in [-0.1, -0.05) is 352 Å². The molecule has 0 N–H and O–H groups in total. The fourth-order valence-electron chi connectivity index (χ4n) is 22.7. The maximum Gasteiger partial charge on any atom is 0.238 e. The molecule has 17 aromatic rings. The molecular weight excluding hydrogens is 1460 g/mol. The minimum Gasteiger partial charge on any atom is -0.455 e. The van der Waals surface area contributed by atoms with Crippen molar-refractivity contribution in [3.8, 4) is 112 Å². The van der Waals surface area contributed by atoms with Crippen LogP contribution in [0.5, 0.6) is 0 Å². The first kappa shape index (κ1) is 73.8. The van der Waals surface area contributed by atoms with Crippen LogP contribution in [0.15, 0.2) is 288 Å². The van der Waals surface area contributed by atoms with Crippen molar-refractivity contribution in [2.45, 2.75) is 173 Å². The molecule has 6 nitrogen and oxygen atoms in total. The summed E-state index contributed by atoms with van der Waals surface area (Å²) < 4.78 is 14.4. The summed E-state index contributed by atoms with van der Waals surface area (Å²) in [6.07, 6.45) is 15.4. The van der Waals surface area contributed by atoms with Gasteiger partial charge in [-0.2, -0.15) is 9.97 Å². The number of rotatable bonds is 20. The van der Waals surface area contributed by atoms with Gasteiger partial charge >= 0.3 is 0 Å². The van der Waals surface area contributed by atoms with E-state index in [0.717, 1.165) is 72.1 Å². The second kappa shape index (κ2) is 27.8. The Kier molecular flexibility index (Phi) is 17.1. The third-order valence-corrected chi connectivity index (χ3v) is 28.8. The first-order valence-electron chi connectivity index (χ1n) is 44.2. The summed E-state index contributed by atoms with van der Waals surface area (Å²) >= 11 is 0. The minimum absolute atomic E-state index is 0.0322. The number of anilines is 3. The Morgan fingerprint density at radius 1 is 0.275 bits per heavy atom. The lowest BCUT2D eigenvalue weighted by molar-refractivity contribution is 0.399. The molecule has 5 aliphatic carbocycles. The standard InChI is InChI=1S/C114H100N4O2/c1-11-13-15-17-33-61-114(62-34-18-16-14-12-2)89-44-30-25-39-78(89)81-58-53-75(65-94(81)114)74-52-57-80-79-56-51-73(63-90(79)110(3,4)91(80)64-74)69-47-49-70(50-48-69)87-68-95-98(100-85-41-27-31-45-96(85)119-105(87)100)83-59-54-76(66-92(83)111(95,5)6)118(109-116-107(71-35-21-19-22-36-71)115-108(117-109)72-37-23-20-24-38-72)77-55-60-84-93(67-77)113(9,10)104-102(84)106-101(86-42-28-32-46-97(86)120-106)99-82-40-26-29-43-88(82)112(7,8)103(99)104/h19-32,35-60,63-68H,11-18,33-34,61-62H2,1-10H3. The largest absolute Gasteiger partial charge is 0.455 e. The van der Waals surface area contributed by atoms with E-state index in [1.165, 1.54) is 205 Å². The van der Waals surface area contributed by atoms with E-state index in [4.69, 9.17) is 23.8 Å². The predicted octanol–water partition coefficient (Wildman–Crippen LogP) is 31.7. The summed E-state index contributed by atoms with van der Waals surface area (Å²) in [7, 11) is 0. The Labute approximate surface area is 705 Å². The smallest absolute Gasteiger partial charge is 0.238 e. The van der Waals surface area contributed by atoms with Crippen LogP contribution >= 0.6 is 0 Å². The number of hydrogen-bond acceptors (Lipinski definition) is 6. The average molecular weight is 1560 g/mol. The normalized spacial score (nSPS) is 15.2. The van der Waals surface area contributed by atoms with Crippen molar-refractivity contribution >= 4 is 61.2 Å². The van der Waals surface area contributed by atoms with Crippen molar-refractivity contribution in [3.63, 3.8) is 0 Å². The molecular formula is C114H100N4O2. The lowest BCUT2D eigenvalue weighted by Crippen LogP contribution is -2.25. The summed E-state index contributed by atoms with van der Waals surface area (Å²) in [6.45, 7) is 24.0. The summed E-state index contributed by atoms with van der Waals surface area (Å²) in [5.74, 6) is 1.70. The van der Waals surface area contributed by atoms with Crippen LogP contribution in [-0.2, 0) is 27.1 Å². The lowest BCUT2D eigenvalue weighted by atomic mass is 9.70. The first-order valence-corrected chi connectivity index (χ1v) is 44.2. The van der Waals surface area contributed by atoms with Crippen LogP contribution in [0.2, 0.25) is 0 Å². The molecule has 0 amide bonds. The molecule has 588 valence electrons. The van der Waals surface area contributed by atoms with Crippen LogP contribution in [0.3, 0.4) is 0 Å². The molecule has 14 aromatic carbocycles. The molecule has 0 radical (unpaired) electrons. The number of fused-ring (bicyclic) bond motifs is 25. The average Bonchev–Trinajstić information content (AvgIpc) is 1.50. The van der Waals surface area contributed by atoms with Crippen molar-refractivity contribution in [1.29, 1.82) is 0 Å². The molecule has 5 aliphatic rings. The molecule has 0 spiro atoms. The monoisotopic (exact) mass is 1560 g/mol. The molecule has 3 aromatic heterocycles. The second-order valence-electron chi connectivity index (χ2n) is 37.1. The maximum absolute atomic E-state index is 7.20. The number of hydrogen-bond donors (Lipinski definition) is 0. The summed E-state index contributed by atoms with van der Waals surface area (Å²) in [5.41, 5.74) is 39.5. The molecule has 3 heterocycles. The molecule has 0 saturated carbocycles. The van der Waals surface area contributed by atoms with E-state index < -0.39 is 10.8 Å². The highest BCUT2D eigenvalue weighted by atomic mass is 16.3. The van der Waals surface area contributed by atoms with Gasteiger partial charge in [0.15, 0.2) is 11.6 Å². The van der Waals surface area contributed by atoms with E-state index in [-0.39, 0.29) is 16.2 Å². The number of para-hydroxylation sites is 2. The van der Waals surface area contributed by atoms with Gasteiger partial charge in [-0.3, -0.25) is 4.90 Å². The number of nitrogens with zero attached hydrogens (tertiary/aromatic N) is 4. The second-order valence-corrected chi connectivity index (χ2v) is 37.1. The number of unbranched alkanes of at least 4 members (excludes halogenated alkanes) is 8. The lowest BCUT2D eigenvalue weighted by Gasteiger charge is -2.33. The fraction of sp³-hybridized carbons (Fsp3) is 0.237. The maximum atomic E-state index is 7.20. The zero-order chi connectivity index (χ0) is 81.3. The SMILES string of the molecule is CCCCCCCC1(CCCCCCC)c2ccccc2-c2ccc(-c3ccc4c(c3)C(C)(C)c3cc(-c5ccc(-c6cc7c(c8c6oc6ccccc68)-c6ccc(N(c8ccc9c(c8)C(C)(C)c8c%10c(c%11c(oc%12ccccc%12%11)c8-9)-c8ccccc8C%10(C)C)c8nc(-c9ccccc9)nc(-c9ccccc9)n8)cc6C7(C)C)cc5)ccc3-4)cc21. The van der Waals surface area contributed by atoms with Crippen LogP contribution in [0.25, 0.3) is 156 Å². The van der Waals surface area contributed by atoms with Crippen molar-refractivity contribution in [2.75, 3.05) is 4.90 Å². The molecule has 0 aliphatic heterocycles. The van der Waals surface area contributed by atoms with E-state index in [1.54, 1.807) is 11.1 Å². The zero-order valence-corrected chi connectivity index (χ0v) is 70.6. The Morgan fingerprint density at radius 3 is 1.27 bits per heavy atom. The van der Waals surface area contributed by atoms with E-state index in [1.807, 2.05) is 12.1 Å². The van der Waals surface area contributed by atoms with Crippen LogP contribution in [0.1, 0.15) is 202 Å². The van der Waals surface area contributed by atoms with E-state index in [0.29, 0.717) is 17.6 Å². The fourth-order valence-corrected chi connectivity index (χ4v) is 22.7. The van der Waals surface area contributed by atoms with Crippen molar-refractivity contribution in [1.82, 2.24) is 15.0 Å². The Hall–Kier alpha value is -12.5. The van der Waals surface area contributed by atoms with Gasteiger partial charge in [0.1, 0.15) is 22.3 Å². The molecule has 6 heteroatoms. The third-order valence-electron chi connectivity index (χ3n) is 28.8. The highest BCUT2D eigenvalue weighted by Gasteiger charge is 2.50. The van der Waals surface area contributed by atoms with Crippen LogP contribution in [0, 0.1) is 0 Å². The summed E-state index contributed by atoms with van der Waals surface area (Å²) in [4.78, 5) is 18.7. The zero-order valence-electron chi connectivity index (χ0n) is 70.6. The van der Waals surface area contributed by atoms with Gasteiger partial charge in [-0.05, 0) is 207 Å². The number of benzene rings is 14. The molecule has 22 rings (SSSR count). The molecule has 0 unspecified atom stereocenters. The van der Waals surface area contributed by atoms with E-state index >= 15 is 0 Å². The van der Waals surface area contributed by atoms with Crippen molar-refractivity contribution in [2.24, 2.45) is 0 Å². The van der Waals surface area contributed by atoms with Crippen molar-refractivity contribution in [3.05, 3.63) is 335 Å². The molecule has 120 heavy (non-hydrogen) atoms. The van der Waals surface area contributed by atoms with Gasteiger partial charge < -0.3 is 8.83 Å². The first-order chi connectivity index (χ1) is 58.4. The molecule has 0 saturated heterocycles. The topological polar surface area (TPSA) is 68.2 Å². The van der Waals surface area contributed by atoms with Gasteiger partial charge in [0.25, 0.3) is 0 Å². The molecule has 0 fully saturated rings. The Morgan fingerprint density at radius 2 is 0.683 bits per heavy atom. The highest BCUT2D eigenvalue weighted by Crippen LogP contribution is 2.65. The van der Waals surface area contributed by atoms with Crippen LogP contribution in [-0.4, -0.2) is 15.0 Å². The van der Waals surface area contributed by atoms with Gasteiger partial charge in [0.2, 0.25) is 5.95 Å². The Balaban J connectivity index is 0.629. The van der Waals surface area contributed by atoms with Gasteiger partial charge in [-0.25, -0.2) is 4.98 Å². The van der Waals surface area contributed by atoms with Gasteiger partial charge in [-0.15, -0.1) is 0 Å². The number of furan rings is 2. The predicted molar refractivity (Wildman–Crippen MR) is 499 cm³/mol. The third kappa shape index (κ3) is 11.1. The van der Waals surface area contributed by atoms with Crippen molar-refractivity contribution < 1.29 is 8.83 Å². The van der Waals surface area contributed by atoms with Gasteiger partial charge in [0, 0.05) is 82.2 Å². The van der Waals surface area contributed by atoms with Gasteiger partial charge in [0.05, 0.1) is 0 Å². The van der Waals surface area contributed by atoms with E-state index in [9.17, 15) is 0 Å². The van der Waals surface area contributed by atoms with Crippen LogP contribution < -0.4 is 4.90 Å². The minimum atomic E-state index is -0.489. The van der Waals surface area contributed by atoms with Crippen LogP contribution in [0.4, 0.5) is 17.3 Å².